The van der Waals surface area contributed by atoms with E-state index in [-0.39, 0.29) is 18.9 Å². The highest BCUT2D eigenvalue weighted by Crippen LogP contribution is 2.18. The quantitative estimate of drug-likeness (QED) is 0.532. The predicted molar refractivity (Wildman–Crippen MR) is 95.6 cm³/mol. The lowest BCUT2D eigenvalue weighted by molar-refractivity contribution is -0.138. The summed E-state index contributed by atoms with van der Waals surface area (Å²) in [5.41, 5.74) is 0. The van der Waals surface area contributed by atoms with Crippen LogP contribution in [-0.2, 0) is 19.1 Å². The Hall–Kier alpha value is -1.18. The number of likely N-dealkylation sites (tertiary alicyclic amines) is 1. The highest BCUT2D eigenvalue weighted by Gasteiger charge is 2.26. The van der Waals surface area contributed by atoms with E-state index in [9.17, 15) is 9.59 Å². The van der Waals surface area contributed by atoms with Crippen LogP contribution in [0.4, 0.5) is 0 Å². The van der Waals surface area contributed by atoms with Crippen molar-refractivity contribution in [2.45, 2.75) is 45.6 Å². The van der Waals surface area contributed by atoms with Crippen LogP contribution in [0.2, 0.25) is 0 Å². The molecule has 0 unspecified atom stereocenters. The van der Waals surface area contributed by atoms with Crippen LogP contribution in [0.15, 0.2) is 0 Å². The zero-order valence-electron chi connectivity index (χ0n) is 15.9. The molecule has 1 rings (SSSR count). The van der Waals surface area contributed by atoms with E-state index < -0.39 is 5.97 Å². The molecule has 0 bridgehead atoms. The van der Waals surface area contributed by atoms with E-state index in [1.165, 1.54) is 0 Å². The van der Waals surface area contributed by atoms with E-state index in [2.05, 4.69) is 25.8 Å². The van der Waals surface area contributed by atoms with Crippen molar-refractivity contribution in [2.75, 3.05) is 53.1 Å². The summed E-state index contributed by atoms with van der Waals surface area (Å²) >= 11 is 0. The average molecular weight is 358 g/mol. The molecule has 0 saturated carbocycles. The Morgan fingerprint density at radius 3 is 2.28 bits per heavy atom. The molecule has 1 fully saturated rings. The highest BCUT2D eigenvalue weighted by molar-refractivity contribution is 5.76. The molecule has 0 aliphatic carbocycles. The summed E-state index contributed by atoms with van der Waals surface area (Å²) < 4.78 is 10.7. The smallest absolute Gasteiger partial charge is 0.305 e. The average Bonchev–Trinajstić information content (AvgIpc) is 2.53. The van der Waals surface area contributed by atoms with Gasteiger partial charge in [-0.2, -0.15) is 0 Å². The van der Waals surface area contributed by atoms with Crippen molar-refractivity contribution in [3.63, 3.8) is 0 Å². The molecular formula is C18H34N2O5. The monoisotopic (exact) mass is 358 g/mol. The molecule has 1 N–H and O–H groups in total. The van der Waals surface area contributed by atoms with Crippen molar-refractivity contribution in [3.05, 3.63) is 0 Å². The molecule has 146 valence electrons. The molecule has 25 heavy (non-hydrogen) atoms. The largest absolute Gasteiger partial charge is 0.481 e. The number of rotatable bonds is 12. The summed E-state index contributed by atoms with van der Waals surface area (Å²) in [6.45, 7) is 8.26. The molecule has 0 atom stereocenters. The van der Waals surface area contributed by atoms with Crippen LogP contribution < -0.4 is 0 Å². The van der Waals surface area contributed by atoms with E-state index in [0.717, 1.165) is 25.9 Å². The molecular weight excluding hydrogens is 324 g/mol. The minimum Gasteiger partial charge on any atom is -0.481 e. The Bertz CT molecular complexity index is 395. The number of hydrogen-bond acceptors (Lipinski definition) is 5. The molecule has 7 heteroatoms. The maximum absolute atomic E-state index is 12.6. The fraction of sp³-hybridized carbons (Fsp3) is 0.889. The van der Waals surface area contributed by atoms with Gasteiger partial charge in [-0.05, 0) is 38.9 Å². The second kappa shape index (κ2) is 12.2. The van der Waals surface area contributed by atoms with Crippen LogP contribution in [0, 0.1) is 5.92 Å². The SMILES string of the molecule is CC(C)CC(=O)N(CCOCCOCCC(=O)O)C1CCN(C)CC1. The number of nitrogens with zero attached hydrogens (tertiary/aromatic N) is 2. The summed E-state index contributed by atoms with van der Waals surface area (Å²) in [6, 6.07) is 0.304. The van der Waals surface area contributed by atoms with Gasteiger partial charge in [-0.1, -0.05) is 13.8 Å². The van der Waals surface area contributed by atoms with Gasteiger partial charge in [-0.3, -0.25) is 9.59 Å². The van der Waals surface area contributed by atoms with Gasteiger partial charge in [-0.25, -0.2) is 0 Å². The molecule has 0 aromatic heterocycles. The van der Waals surface area contributed by atoms with Crippen molar-refractivity contribution in [1.82, 2.24) is 9.80 Å². The van der Waals surface area contributed by atoms with Gasteiger partial charge in [0.2, 0.25) is 5.91 Å². The molecule has 0 spiro atoms. The first-order valence-electron chi connectivity index (χ1n) is 9.25. The minimum absolute atomic E-state index is 0.00755. The Morgan fingerprint density at radius 1 is 1.12 bits per heavy atom. The Labute approximate surface area is 151 Å². The number of carbonyl (C=O) groups excluding carboxylic acids is 1. The maximum atomic E-state index is 12.6. The predicted octanol–water partition coefficient (Wildman–Crippen LogP) is 1.46. The van der Waals surface area contributed by atoms with Gasteiger partial charge in [0.1, 0.15) is 0 Å². The van der Waals surface area contributed by atoms with Crippen LogP contribution in [0.1, 0.15) is 39.5 Å². The summed E-state index contributed by atoms with van der Waals surface area (Å²) in [5.74, 6) is -0.297. The van der Waals surface area contributed by atoms with Crippen molar-refractivity contribution in [3.8, 4) is 0 Å². The highest BCUT2D eigenvalue weighted by atomic mass is 16.5. The van der Waals surface area contributed by atoms with Gasteiger partial charge >= 0.3 is 5.97 Å². The number of piperidine rings is 1. The van der Waals surface area contributed by atoms with Gasteiger partial charge in [0.05, 0.1) is 32.8 Å². The summed E-state index contributed by atoms with van der Waals surface area (Å²) in [6.07, 6.45) is 2.61. The van der Waals surface area contributed by atoms with Crippen LogP contribution in [0.3, 0.4) is 0 Å². The van der Waals surface area contributed by atoms with E-state index >= 15 is 0 Å². The number of aliphatic carboxylic acids is 1. The van der Waals surface area contributed by atoms with Crippen LogP contribution in [0.25, 0.3) is 0 Å². The van der Waals surface area contributed by atoms with Gasteiger partial charge in [0.25, 0.3) is 0 Å². The molecule has 0 aromatic carbocycles. The van der Waals surface area contributed by atoms with Gasteiger partial charge in [0.15, 0.2) is 0 Å². The Balaban J connectivity index is 2.30. The van der Waals surface area contributed by atoms with E-state index in [1.807, 2.05) is 4.90 Å². The number of ether oxygens (including phenoxy) is 2. The summed E-state index contributed by atoms with van der Waals surface area (Å²) in [4.78, 5) is 27.2. The number of amides is 1. The maximum Gasteiger partial charge on any atom is 0.305 e. The van der Waals surface area contributed by atoms with E-state index in [0.29, 0.717) is 44.7 Å². The molecule has 0 aromatic rings. The van der Waals surface area contributed by atoms with E-state index in [1.54, 1.807) is 0 Å². The zero-order chi connectivity index (χ0) is 18.7. The number of hydrogen-bond donors (Lipinski definition) is 1. The number of carboxylic acid groups (broad SMARTS) is 1. The van der Waals surface area contributed by atoms with E-state index in [4.69, 9.17) is 14.6 Å². The fourth-order valence-electron chi connectivity index (χ4n) is 2.93. The topological polar surface area (TPSA) is 79.3 Å². The summed E-state index contributed by atoms with van der Waals surface area (Å²) in [7, 11) is 2.12. The lowest BCUT2D eigenvalue weighted by Gasteiger charge is -2.37. The van der Waals surface area contributed by atoms with Crippen LogP contribution in [0.5, 0.6) is 0 Å². The molecule has 1 saturated heterocycles. The van der Waals surface area contributed by atoms with Crippen molar-refractivity contribution >= 4 is 11.9 Å². The molecule has 1 amide bonds. The number of carboxylic acids is 1. The van der Waals surface area contributed by atoms with Gasteiger partial charge in [0, 0.05) is 19.0 Å². The van der Waals surface area contributed by atoms with Crippen LogP contribution >= 0.6 is 0 Å². The lowest BCUT2D eigenvalue weighted by atomic mass is 10.0. The molecule has 1 heterocycles. The van der Waals surface area contributed by atoms with Crippen molar-refractivity contribution in [1.29, 1.82) is 0 Å². The third-order valence-electron chi connectivity index (χ3n) is 4.34. The van der Waals surface area contributed by atoms with Gasteiger partial charge in [-0.15, -0.1) is 0 Å². The second-order valence-corrected chi connectivity index (χ2v) is 7.09. The third-order valence-corrected chi connectivity index (χ3v) is 4.34. The zero-order valence-corrected chi connectivity index (χ0v) is 15.9. The molecule has 1 aliphatic rings. The first-order chi connectivity index (χ1) is 11.9. The minimum atomic E-state index is -0.863. The lowest BCUT2D eigenvalue weighted by Crippen LogP contribution is -2.48. The van der Waals surface area contributed by atoms with Crippen molar-refractivity contribution < 1.29 is 24.2 Å². The molecule has 0 radical (unpaired) electrons. The standard InChI is InChI=1S/C18H34N2O5/c1-15(2)14-17(21)20(16-4-7-19(3)8-5-16)9-11-25-13-12-24-10-6-18(22)23/h15-16H,4-14H2,1-3H3,(H,22,23). The first-order valence-corrected chi connectivity index (χ1v) is 9.25. The summed E-state index contributed by atoms with van der Waals surface area (Å²) in [5, 5.41) is 8.52. The van der Waals surface area contributed by atoms with Crippen molar-refractivity contribution in [2.24, 2.45) is 5.92 Å². The molecule has 1 aliphatic heterocycles. The third kappa shape index (κ3) is 9.77. The Kier molecular flexibility index (Phi) is 10.7. The number of carbonyl (C=O) groups is 2. The van der Waals surface area contributed by atoms with Crippen LogP contribution in [-0.4, -0.2) is 85.9 Å². The Morgan fingerprint density at radius 2 is 1.72 bits per heavy atom. The molecule has 7 nitrogen and oxygen atoms in total. The first kappa shape index (κ1) is 21.9. The fourth-order valence-corrected chi connectivity index (χ4v) is 2.93. The normalized spacial score (nSPS) is 16.3. The second-order valence-electron chi connectivity index (χ2n) is 7.09. The van der Waals surface area contributed by atoms with Gasteiger partial charge < -0.3 is 24.4 Å².